The molecule has 78 valence electrons. The minimum Gasteiger partial charge on any atom is -0.481 e. The maximum Gasteiger partial charge on any atom is 0.312 e. The zero-order valence-electron chi connectivity index (χ0n) is 7.31. The van der Waals surface area contributed by atoms with Crippen molar-refractivity contribution < 1.29 is 14.3 Å². The average molecular weight is 220 g/mol. The summed E-state index contributed by atoms with van der Waals surface area (Å²) in [5.74, 6) is -2.13. The normalized spacial score (nSPS) is 11.6. The van der Waals surface area contributed by atoms with Gasteiger partial charge in [0, 0.05) is 6.54 Å². The predicted molar refractivity (Wildman–Crippen MR) is 53.1 cm³/mol. The van der Waals surface area contributed by atoms with Gasteiger partial charge in [-0.05, 0) is 17.7 Å². The van der Waals surface area contributed by atoms with Crippen molar-refractivity contribution >= 4 is 18.4 Å². The van der Waals surface area contributed by atoms with Crippen molar-refractivity contribution in [1.82, 2.24) is 0 Å². The summed E-state index contributed by atoms with van der Waals surface area (Å²) in [4.78, 5) is 10.6. The molecule has 3 N–H and O–H groups in total. The Labute approximate surface area is 87.1 Å². The fourth-order valence-corrected chi connectivity index (χ4v) is 1.07. The SMILES string of the molecule is Cl.NC[C@@H](C(=O)O)c1ccc(F)cc1. The van der Waals surface area contributed by atoms with Gasteiger partial charge in [-0.25, -0.2) is 4.39 Å². The van der Waals surface area contributed by atoms with E-state index >= 15 is 0 Å². The number of carboxylic acids is 1. The lowest BCUT2D eigenvalue weighted by Crippen LogP contribution is -2.20. The van der Waals surface area contributed by atoms with Gasteiger partial charge in [0.1, 0.15) is 5.82 Å². The van der Waals surface area contributed by atoms with E-state index in [0.29, 0.717) is 5.56 Å². The van der Waals surface area contributed by atoms with Crippen LogP contribution in [0.2, 0.25) is 0 Å². The molecule has 0 bridgehead atoms. The Kier molecular flexibility index (Phi) is 5.12. The van der Waals surface area contributed by atoms with E-state index < -0.39 is 11.9 Å². The molecule has 0 spiro atoms. The Balaban J connectivity index is 0.00000169. The number of carbonyl (C=O) groups is 1. The molecule has 0 fully saturated rings. The van der Waals surface area contributed by atoms with Crippen LogP contribution >= 0.6 is 12.4 Å². The van der Waals surface area contributed by atoms with Crippen LogP contribution in [0.15, 0.2) is 24.3 Å². The minimum absolute atomic E-state index is 0. The topological polar surface area (TPSA) is 63.3 Å². The van der Waals surface area contributed by atoms with Crippen LogP contribution in [-0.2, 0) is 4.79 Å². The lowest BCUT2D eigenvalue weighted by Gasteiger charge is -2.08. The van der Waals surface area contributed by atoms with E-state index in [1.54, 1.807) is 0 Å². The first kappa shape index (κ1) is 12.9. The maximum atomic E-state index is 12.5. The summed E-state index contributed by atoms with van der Waals surface area (Å²) in [5, 5.41) is 8.72. The van der Waals surface area contributed by atoms with E-state index in [4.69, 9.17) is 10.8 Å². The summed E-state index contributed by atoms with van der Waals surface area (Å²) >= 11 is 0. The molecule has 3 nitrogen and oxygen atoms in total. The van der Waals surface area contributed by atoms with Crippen LogP contribution in [0.4, 0.5) is 4.39 Å². The standard InChI is InChI=1S/C9H10FNO2.ClH/c10-7-3-1-6(2-4-7)8(5-11)9(12)13;/h1-4,8H,5,11H2,(H,12,13);1H/t8-;/m1./s1. The third-order valence-electron chi connectivity index (χ3n) is 1.81. The van der Waals surface area contributed by atoms with E-state index in [9.17, 15) is 9.18 Å². The van der Waals surface area contributed by atoms with Crippen LogP contribution in [0.1, 0.15) is 11.5 Å². The van der Waals surface area contributed by atoms with Gasteiger partial charge < -0.3 is 10.8 Å². The van der Waals surface area contributed by atoms with E-state index in [0.717, 1.165) is 0 Å². The molecule has 0 saturated heterocycles. The number of aliphatic carboxylic acids is 1. The molecule has 0 aliphatic heterocycles. The van der Waals surface area contributed by atoms with Crippen LogP contribution in [0.25, 0.3) is 0 Å². The van der Waals surface area contributed by atoms with E-state index in [-0.39, 0.29) is 24.8 Å². The fourth-order valence-electron chi connectivity index (χ4n) is 1.07. The zero-order valence-corrected chi connectivity index (χ0v) is 8.13. The second kappa shape index (κ2) is 5.57. The Morgan fingerprint density at radius 1 is 1.43 bits per heavy atom. The Bertz CT molecular complexity index is 302. The number of carboxylic acid groups (broad SMARTS) is 1. The van der Waals surface area contributed by atoms with Crippen molar-refractivity contribution in [2.75, 3.05) is 6.54 Å². The van der Waals surface area contributed by atoms with E-state index in [1.807, 2.05) is 0 Å². The van der Waals surface area contributed by atoms with E-state index in [2.05, 4.69) is 0 Å². The number of hydrogen-bond donors (Lipinski definition) is 2. The molecule has 1 aromatic rings. The van der Waals surface area contributed by atoms with Gasteiger partial charge in [0.25, 0.3) is 0 Å². The van der Waals surface area contributed by atoms with Crippen molar-refractivity contribution in [3.63, 3.8) is 0 Å². The van der Waals surface area contributed by atoms with Gasteiger partial charge in [-0.2, -0.15) is 0 Å². The number of hydrogen-bond acceptors (Lipinski definition) is 2. The maximum absolute atomic E-state index is 12.5. The highest BCUT2D eigenvalue weighted by molar-refractivity contribution is 5.85. The number of rotatable bonds is 3. The molecule has 0 aliphatic carbocycles. The van der Waals surface area contributed by atoms with Gasteiger partial charge >= 0.3 is 5.97 Å². The highest BCUT2D eigenvalue weighted by atomic mass is 35.5. The Morgan fingerprint density at radius 2 is 1.93 bits per heavy atom. The quantitative estimate of drug-likeness (QED) is 0.807. The molecule has 1 rings (SSSR count). The first-order valence-electron chi connectivity index (χ1n) is 3.83. The number of benzene rings is 1. The second-order valence-electron chi connectivity index (χ2n) is 2.68. The lowest BCUT2D eigenvalue weighted by molar-refractivity contribution is -0.138. The summed E-state index contributed by atoms with van der Waals surface area (Å²) in [5.41, 5.74) is 5.79. The van der Waals surface area contributed by atoms with Crippen molar-refractivity contribution in [2.45, 2.75) is 5.92 Å². The number of halogens is 2. The zero-order chi connectivity index (χ0) is 9.84. The van der Waals surface area contributed by atoms with Crippen molar-refractivity contribution in [2.24, 2.45) is 5.73 Å². The molecule has 0 saturated carbocycles. The van der Waals surface area contributed by atoms with Gasteiger partial charge in [-0.3, -0.25) is 4.79 Å². The highest BCUT2D eigenvalue weighted by Gasteiger charge is 2.17. The number of nitrogens with two attached hydrogens (primary N) is 1. The van der Waals surface area contributed by atoms with Crippen LogP contribution < -0.4 is 5.73 Å². The summed E-state index contributed by atoms with van der Waals surface area (Å²) < 4.78 is 12.5. The summed E-state index contributed by atoms with van der Waals surface area (Å²) in [6.07, 6.45) is 0. The molecule has 0 unspecified atom stereocenters. The Morgan fingerprint density at radius 3 is 2.29 bits per heavy atom. The molecule has 0 amide bonds. The van der Waals surface area contributed by atoms with Crippen LogP contribution in [0.3, 0.4) is 0 Å². The van der Waals surface area contributed by atoms with Crippen LogP contribution in [-0.4, -0.2) is 17.6 Å². The molecule has 0 aromatic heterocycles. The first-order chi connectivity index (χ1) is 6.15. The van der Waals surface area contributed by atoms with Gasteiger partial charge in [-0.15, -0.1) is 12.4 Å². The molecule has 0 heterocycles. The van der Waals surface area contributed by atoms with E-state index in [1.165, 1.54) is 24.3 Å². The summed E-state index contributed by atoms with van der Waals surface area (Å²) in [6, 6.07) is 5.31. The van der Waals surface area contributed by atoms with Gasteiger partial charge in [0.05, 0.1) is 5.92 Å². The summed E-state index contributed by atoms with van der Waals surface area (Å²) in [6.45, 7) is 0.0148. The third-order valence-corrected chi connectivity index (χ3v) is 1.81. The molecule has 14 heavy (non-hydrogen) atoms. The van der Waals surface area contributed by atoms with Gasteiger partial charge in [-0.1, -0.05) is 12.1 Å². The van der Waals surface area contributed by atoms with Gasteiger partial charge in [0.15, 0.2) is 0 Å². The third kappa shape index (κ3) is 2.97. The lowest BCUT2D eigenvalue weighted by atomic mass is 10.00. The highest BCUT2D eigenvalue weighted by Crippen LogP contribution is 2.14. The minimum atomic E-state index is -0.992. The van der Waals surface area contributed by atoms with Crippen LogP contribution in [0.5, 0.6) is 0 Å². The average Bonchev–Trinajstić information content (AvgIpc) is 2.09. The molecule has 1 aromatic carbocycles. The summed E-state index contributed by atoms with van der Waals surface area (Å²) in [7, 11) is 0. The fraction of sp³-hybridized carbons (Fsp3) is 0.222. The van der Waals surface area contributed by atoms with Crippen molar-refractivity contribution in [3.05, 3.63) is 35.6 Å². The molecule has 0 aliphatic rings. The molecule has 0 radical (unpaired) electrons. The molecule has 1 atom stereocenters. The van der Waals surface area contributed by atoms with Gasteiger partial charge in [0.2, 0.25) is 0 Å². The monoisotopic (exact) mass is 219 g/mol. The van der Waals surface area contributed by atoms with Crippen molar-refractivity contribution in [3.8, 4) is 0 Å². The molecule has 5 heteroatoms. The first-order valence-corrected chi connectivity index (χ1v) is 3.83. The largest absolute Gasteiger partial charge is 0.481 e. The van der Waals surface area contributed by atoms with Crippen LogP contribution in [0, 0.1) is 5.82 Å². The smallest absolute Gasteiger partial charge is 0.312 e. The second-order valence-corrected chi connectivity index (χ2v) is 2.68. The predicted octanol–water partition coefficient (Wildman–Crippen LogP) is 1.37. The molecular weight excluding hydrogens is 209 g/mol. The molecular formula is C9H11ClFNO2. The van der Waals surface area contributed by atoms with Crippen molar-refractivity contribution in [1.29, 1.82) is 0 Å². The Hall–Kier alpha value is -1.13.